The van der Waals surface area contributed by atoms with Crippen LogP contribution in [-0.4, -0.2) is 17.5 Å². The molecule has 0 unspecified atom stereocenters. The molecular weight excluding hydrogens is 126 g/mol. The molecule has 0 aromatic carbocycles. The molecule has 0 aromatic heterocycles. The molecule has 7 heteroatoms. The second-order valence-corrected chi connectivity index (χ2v) is 1.34. The molecule has 0 aliphatic heterocycles. The van der Waals surface area contributed by atoms with Crippen LogP contribution in [0.3, 0.4) is 0 Å². The molecule has 0 spiro atoms. The molecule has 0 aromatic rings. The van der Waals surface area contributed by atoms with Crippen LogP contribution in [0.25, 0.3) is 0 Å². The first-order valence-corrected chi connectivity index (χ1v) is 2.38. The molecule has 6 nitrogen and oxygen atoms in total. The van der Waals surface area contributed by atoms with Crippen molar-refractivity contribution in [2.45, 2.75) is 0 Å². The zero-order valence-corrected chi connectivity index (χ0v) is 4.05. The average molecular weight is 131 g/mol. The summed E-state index contributed by atoms with van der Waals surface area (Å²) in [4.78, 5) is 0. The van der Waals surface area contributed by atoms with E-state index in [4.69, 9.17) is 22.7 Å². The summed E-state index contributed by atoms with van der Waals surface area (Å²) < 4.78 is 31.6. The number of hydrogen-bond donors (Lipinski definition) is 3. The van der Waals surface area contributed by atoms with Gasteiger partial charge in [-0.3, -0.25) is 9.11 Å². The van der Waals surface area contributed by atoms with Crippen molar-refractivity contribution >= 4 is 10.4 Å². The van der Waals surface area contributed by atoms with Crippen LogP contribution >= 0.6 is 0 Å². The van der Waals surface area contributed by atoms with E-state index in [9.17, 15) is 0 Å². The highest BCUT2D eigenvalue weighted by molar-refractivity contribution is 7.79. The topological polar surface area (TPSA) is 125 Å². The average Bonchev–Trinajstić information content (AvgIpc) is 1.36. The predicted molar refractivity (Wildman–Crippen MR) is 20.4 cm³/mol. The molecule has 0 fully saturated rings. The van der Waals surface area contributed by atoms with E-state index in [-0.39, 0.29) is 0 Å². The van der Waals surface area contributed by atoms with Crippen LogP contribution in [0.15, 0.2) is 0 Å². The Bertz CT molecular complexity index is 91.2. The van der Waals surface area contributed by atoms with Crippen molar-refractivity contribution in [2.24, 2.45) is 0 Å². The molecule has 0 saturated carbocycles. The van der Waals surface area contributed by atoms with Crippen LogP contribution < -0.4 is 5.90 Å². The van der Waals surface area contributed by atoms with Crippen LogP contribution in [0.1, 0.15) is 0 Å². The second-order valence-electron chi connectivity index (χ2n) is 0.448. The van der Waals surface area contributed by atoms with Gasteiger partial charge in [0.25, 0.3) is 0 Å². The van der Waals surface area contributed by atoms with E-state index < -0.39 is 10.4 Å². The molecule has 0 amide bonds. The quantitative estimate of drug-likeness (QED) is 0.261. The van der Waals surface area contributed by atoms with E-state index in [1.54, 1.807) is 0 Å². The maximum atomic E-state index is 8.74. The minimum absolute atomic E-state index is 2.00. The Hall–Kier alpha value is -0.210. The van der Waals surface area contributed by atoms with Crippen molar-refractivity contribution in [2.75, 3.05) is 0 Å². The fraction of sp³-hybridized carbons (Fsp3) is 0. The summed E-state index contributed by atoms with van der Waals surface area (Å²) >= 11 is 0. The van der Waals surface area contributed by atoms with Gasteiger partial charge >= 0.3 is 10.4 Å². The largest absolute Gasteiger partial charge is 0.637 e. The summed E-state index contributed by atoms with van der Waals surface area (Å²) in [6.45, 7) is 0. The normalized spacial score (nSPS) is 9.14. The van der Waals surface area contributed by atoms with Gasteiger partial charge in [-0.15, -0.1) is 0 Å². The monoisotopic (exact) mass is 131 g/mol. The van der Waals surface area contributed by atoms with Crippen molar-refractivity contribution < 1.29 is 23.4 Å². The number of hydrogen-bond acceptors (Lipinski definition) is 3. The lowest BCUT2D eigenvalue weighted by Crippen LogP contribution is -2.37. The highest BCUT2D eigenvalue weighted by Crippen LogP contribution is 1.59. The Kier molecular flexibility index (Phi) is 5.62. The lowest BCUT2D eigenvalue weighted by Gasteiger charge is -1.68. The van der Waals surface area contributed by atoms with Gasteiger partial charge in [-0.1, -0.05) is 0 Å². The van der Waals surface area contributed by atoms with E-state index in [0.29, 0.717) is 0 Å². The SMILES string of the molecule is O=S(=O)(O)O.[NH3+][O-]. The van der Waals surface area contributed by atoms with Gasteiger partial charge in [0.05, 0.1) is 0 Å². The van der Waals surface area contributed by atoms with Gasteiger partial charge in [-0.05, 0) is 0 Å². The molecule has 0 rings (SSSR count). The first-order chi connectivity index (χ1) is 3.00. The summed E-state index contributed by atoms with van der Waals surface area (Å²) in [6.07, 6.45) is 0. The Morgan fingerprint density at radius 2 is 1.29 bits per heavy atom. The van der Waals surface area contributed by atoms with Crippen LogP contribution in [0.2, 0.25) is 0 Å². The molecule has 0 aliphatic carbocycles. The van der Waals surface area contributed by atoms with Gasteiger partial charge in [-0.25, -0.2) is 0 Å². The highest BCUT2D eigenvalue weighted by Gasteiger charge is 1.84. The fourth-order valence-electron chi connectivity index (χ4n) is 0. The molecule has 7 heavy (non-hydrogen) atoms. The van der Waals surface area contributed by atoms with Gasteiger partial charge in [-0.2, -0.15) is 8.42 Å². The van der Waals surface area contributed by atoms with Crippen LogP contribution in [0.5, 0.6) is 0 Å². The minimum atomic E-state index is -4.67. The van der Waals surface area contributed by atoms with E-state index in [1.807, 2.05) is 5.90 Å². The van der Waals surface area contributed by atoms with Crippen LogP contribution in [-0.2, 0) is 10.4 Å². The predicted octanol–water partition coefficient (Wildman–Crippen LogP) is -1.93. The van der Waals surface area contributed by atoms with Crippen molar-refractivity contribution in [1.29, 1.82) is 0 Å². The number of quaternary nitrogens is 1. The fourth-order valence-corrected chi connectivity index (χ4v) is 0. The van der Waals surface area contributed by atoms with Gasteiger partial charge in [0, 0.05) is 0 Å². The zero-order valence-electron chi connectivity index (χ0n) is 3.23. The Balaban J connectivity index is 0. The minimum Gasteiger partial charge on any atom is -0.637 e. The third-order valence-corrected chi connectivity index (χ3v) is 0. The molecule has 0 saturated heterocycles. The van der Waals surface area contributed by atoms with Crippen LogP contribution in [0.4, 0.5) is 0 Å². The molecule has 0 heterocycles. The van der Waals surface area contributed by atoms with Crippen LogP contribution in [0, 0.1) is 5.21 Å². The lowest BCUT2D eigenvalue weighted by molar-refractivity contribution is -0.275. The first-order valence-electron chi connectivity index (χ1n) is 0.987. The summed E-state index contributed by atoms with van der Waals surface area (Å²) in [5, 5.41) is 8.00. The molecule has 0 bridgehead atoms. The van der Waals surface area contributed by atoms with Crippen molar-refractivity contribution in [3.63, 3.8) is 0 Å². The summed E-state index contributed by atoms with van der Waals surface area (Å²) in [5.74, 6) is 2.00. The Morgan fingerprint density at radius 3 is 1.29 bits per heavy atom. The van der Waals surface area contributed by atoms with E-state index in [2.05, 4.69) is 0 Å². The van der Waals surface area contributed by atoms with E-state index in [0.717, 1.165) is 0 Å². The van der Waals surface area contributed by atoms with Gasteiger partial charge in [0.15, 0.2) is 0 Å². The smallest absolute Gasteiger partial charge is 0.394 e. The summed E-state index contributed by atoms with van der Waals surface area (Å²) in [7, 11) is -4.67. The maximum absolute atomic E-state index is 8.74. The lowest BCUT2D eigenvalue weighted by atomic mass is 13.6. The van der Waals surface area contributed by atoms with Gasteiger partial charge in [0.1, 0.15) is 0 Å². The summed E-state index contributed by atoms with van der Waals surface area (Å²) in [5.41, 5.74) is 0. The molecule has 0 atom stereocenters. The van der Waals surface area contributed by atoms with Gasteiger partial charge < -0.3 is 11.1 Å². The molecule has 5 N–H and O–H groups in total. The van der Waals surface area contributed by atoms with E-state index in [1.165, 1.54) is 0 Å². The Labute approximate surface area is 40.1 Å². The molecule has 0 aliphatic rings. The standard InChI is InChI=1S/H3NO.H2O4S/c1-2;1-5(2,3)4/h1H3;(H2,1,2,3,4). The number of rotatable bonds is 0. The zero-order chi connectivity index (χ0) is 6.50. The molecule has 46 valence electrons. The Morgan fingerprint density at radius 1 is 1.29 bits per heavy atom. The van der Waals surface area contributed by atoms with Crippen molar-refractivity contribution in [3.8, 4) is 0 Å². The maximum Gasteiger partial charge on any atom is 0.394 e. The highest BCUT2D eigenvalue weighted by atomic mass is 32.3. The second kappa shape index (κ2) is 3.96. The molecule has 0 radical (unpaired) electrons. The third-order valence-electron chi connectivity index (χ3n) is 0. The first kappa shape index (κ1) is 9.92. The van der Waals surface area contributed by atoms with Gasteiger partial charge in [0.2, 0.25) is 0 Å². The third kappa shape index (κ3) is 1890. The molecular formula is H5NO5S. The van der Waals surface area contributed by atoms with Crippen molar-refractivity contribution in [1.82, 2.24) is 0 Å². The van der Waals surface area contributed by atoms with Crippen molar-refractivity contribution in [3.05, 3.63) is 5.21 Å². The summed E-state index contributed by atoms with van der Waals surface area (Å²) in [6, 6.07) is 0. The van der Waals surface area contributed by atoms with E-state index >= 15 is 0 Å².